The first-order chi connectivity index (χ1) is 15.6. The van der Waals surface area contributed by atoms with E-state index in [0.29, 0.717) is 19.8 Å². The molecule has 0 unspecified atom stereocenters. The number of carbonyl (C=O) groups is 1. The largest absolute Gasteiger partial charge is 0.489 e. The number of hydrogen-bond donors (Lipinski definition) is 0. The van der Waals surface area contributed by atoms with Crippen LogP contribution in [-0.4, -0.2) is 32.9 Å². The van der Waals surface area contributed by atoms with Crippen LogP contribution in [0.25, 0.3) is 0 Å². The summed E-state index contributed by atoms with van der Waals surface area (Å²) in [6.07, 6.45) is 0. The second-order valence-electron chi connectivity index (χ2n) is 7.68. The van der Waals surface area contributed by atoms with E-state index in [9.17, 15) is 4.79 Å². The zero-order valence-electron chi connectivity index (χ0n) is 18.2. The van der Waals surface area contributed by atoms with Crippen molar-refractivity contribution in [2.45, 2.75) is 19.1 Å². The molecule has 0 N–H and O–H groups in total. The molecule has 0 bridgehead atoms. The van der Waals surface area contributed by atoms with Crippen molar-refractivity contribution in [3.05, 3.63) is 89.5 Å². The van der Waals surface area contributed by atoms with Crippen molar-refractivity contribution in [3.8, 4) is 17.2 Å². The lowest BCUT2D eigenvalue weighted by Crippen LogP contribution is -2.49. The summed E-state index contributed by atoms with van der Waals surface area (Å²) in [5, 5.41) is 0. The monoisotopic (exact) mass is 434 g/mol. The van der Waals surface area contributed by atoms with Crippen LogP contribution < -0.4 is 9.47 Å². The van der Waals surface area contributed by atoms with Crippen molar-refractivity contribution in [1.29, 1.82) is 0 Å². The first-order valence-corrected chi connectivity index (χ1v) is 10.4. The molecule has 4 rings (SSSR count). The van der Waals surface area contributed by atoms with Crippen LogP contribution in [0.15, 0.2) is 72.8 Å². The molecule has 3 aromatic rings. The Morgan fingerprint density at radius 2 is 1.62 bits per heavy atom. The highest BCUT2D eigenvalue weighted by atomic mass is 16.6. The minimum atomic E-state index is -0.611. The second-order valence-corrected chi connectivity index (χ2v) is 7.68. The standard InChI is InChI=1S/C26H26O6/c1-19-5-3-4-6-24(19)32-23-11-7-20(8-12-23)15-30-22-13-9-21(10-14-22)26(17-29-18-26)31-16-25(27)28-2/h3-14H,15-18H2,1-2H3. The maximum absolute atomic E-state index is 11.4. The lowest BCUT2D eigenvalue weighted by Gasteiger charge is -2.41. The summed E-state index contributed by atoms with van der Waals surface area (Å²) in [6.45, 7) is 3.16. The molecule has 0 aromatic heterocycles. The Bertz CT molecular complexity index is 1040. The second kappa shape index (κ2) is 9.85. The van der Waals surface area contributed by atoms with Gasteiger partial charge in [-0.25, -0.2) is 4.79 Å². The van der Waals surface area contributed by atoms with Crippen LogP contribution in [0.4, 0.5) is 0 Å². The number of rotatable bonds is 9. The summed E-state index contributed by atoms with van der Waals surface area (Å²) in [5.41, 5.74) is 2.46. The average molecular weight is 434 g/mol. The van der Waals surface area contributed by atoms with E-state index in [0.717, 1.165) is 33.9 Å². The van der Waals surface area contributed by atoms with Crippen LogP contribution in [0.2, 0.25) is 0 Å². The highest BCUT2D eigenvalue weighted by molar-refractivity contribution is 5.70. The molecule has 0 amide bonds. The highest BCUT2D eigenvalue weighted by Crippen LogP contribution is 2.34. The normalized spacial score (nSPS) is 14.3. The van der Waals surface area contributed by atoms with Crippen LogP contribution in [0.5, 0.6) is 17.2 Å². The van der Waals surface area contributed by atoms with Crippen LogP contribution in [0.1, 0.15) is 16.7 Å². The molecule has 6 heteroatoms. The van der Waals surface area contributed by atoms with E-state index in [1.807, 2.05) is 79.7 Å². The van der Waals surface area contributed by atoms with Gasteiger partial charge in [0, 0.05) is 0 Å². The molecule has 0 aliphatic carbocycles. The fraction of sp³-hybridized carbons (Fsp3) is 0.269. The van der Waals surface area contributed by atoms with Crippen molar-refractivity contribution in [2.24, 2.45) is 0 Å². The van der Waals surface area contributed by atoms with Crippen molar-refractivity contribution >= 4 is 5.97 Å². The third-order valence-electron chi connectivity index (χ3n) is 5.40. The van der Waals surface area contributed by atoms with Crippen molar-refractivity contribution < 1.29 is 28.5 Å². The summed E-state index contributed by atoms with van der Waals surface area (Å²) < 4.78 is 27.6. The molecular formula is C26H26O6. The Labute approximate surface area is 187 Å². The first-order valence-electron chi connectivity index (χ1n) is 10.4. The Morgan fingerprint density at radius 3 is 2.25 bits per heavy atom. The Morgan fingerprint density at radius 1 is 0.938 bits per heavy atom. The van der Waals surface area contributed by atoms with Gasteiger partial charge < -0.3 is 23.7 Å². The Hall–Kier alpha value is -3.35. The van der Waals surface area contributed by atoms with Gasteiger partial charge in [-0.2, -0.15) is 0 Å². The number of para-hydroxylation sites is 1. The van der Waals surface area contributed by atoms with Crippen LogP contribution in [0, 0.1) is 6.92 Å². The number of ether oxygens (including phenoxy) is 5. The maximum atomic E-state index is 11.4. The number of benzene rings is 3. The van der Waals surface area contributed by atoms with E-state index in [4.69, 9.17) is 18.9 Å². The lowest BCUT2D eigenvalue weighted by atomic mass is 9.91. The van der Waals surface area contributed by atoms with Gasteiger partial charge in [-0.15, -0.1) is 0 Å². The predicted molar refractivity (Wildman–Crippen MR) is 119 cm³/mol. The summed E-state index contributed by atoms with van der Waals surface area (Å²) in [5.74, 6) is 1.97. The van der Waals surface area contributed by atoms with Crippen LogP contribution in [0.3, 0.4) is 0 Å². The smallest absolute Gasteiger partial charge is 0.331 e. The predicted octanol–water partition coefficient (Wildman–Crippen LogP) is 4.78. The zero-order chi connectivity index (χ0) is 22.4. The molecule has 1 aliphatic heterocycles. The summed E-state index contributed by atoms with van der Waals surface area (Å²) in [6, 6.07) is 23.4. The SMILES string of the molecule is COC(=O)COC1(c2ccc(OCc3ccc(Oc4ccccc4C)cc3)cc2)COC1. The fourth-order valence-electron chi connectivity index (χ4n) is 3.35. The van der Waals surface area contributed by atoms with E-state index in [2.05, 4.69) is 4.74 Å². The summed E-state index contributed by atoms with van der Waals surface area (Å²) in [7, 11) is 1.34. The molecule has 0 radical (unpaired) electrons. The lowest BCUT2D eigenvalue weighted by molar-refractivity contribution is -0.220. The third kappa shape index (κ3) is 5.10. The molecule has 1 aliphatic rings. The summed E-state index contributed by atoms with van der Waals surface area (Å²) in [4.78, 5) is 11.4. The molecule has 1 fully saturated rings. The van der Waals surface area contributed by atoms with Gasteiger partial charge in [0.1, 0.15) is 36.1 Å². The van der Waals surface area contributed by atoms with Gasteiger partial charge in [0.2, 0.25) is 0 Å². The van der Waals surface area contributed by atoms with Crippen molar-refractivity contribution in [2.75, 3.05) is 26.9 Å². The van der Waals surface area contributed by atoms with Crippen LogP contribution in [-0.2, 0) is 31.2 Å². The molecule has 1 saturated heterocycles. The molecule has 1 heterocycles. The zero-order valence-corrected chi connectivity index (χ0v) is 18.2. The van der Waals surface area contributed by atoms with Crippen molar-refractivity contribution in [1.82, 2.24) is 0 Å². The van der Waals surface area contributed by atoms with E-state index in [-0.39, 0.29) is 6.61 Å². The first kappa shape index (κ1) is 21.9. The quantitative estimate of drug-likeness (QED) is 0.452. The number of esters is 1. The third-order valence-corrected chi connectivity index (χ3v) is 5.40. The topological polar surface area (TPSA) is 63.2 Å². The van der Waals surface area contributed by atoms with E-state index in [1.54, 1.807) is 0 Å². The Balaban J connectivity index is 1.32. The molecule has 0 atom stereocenters. The van der Waals surface area contributed by atoms with Gasteiger partial charge in [-0.1, -0.05) is 42.5 Å². The minimum absolute atomic E-state index is 0.109. The maximum Gasteiger partial charge on any atom is 0.331 e. The molecule has 6 nitrogen and oxygen atoms in total. The number of hydrogen-bond acceptors (Lipinski definition) is 6. The van der Waals surface area contributed by atoms with Gasteiger partial charge in [-0.3, -0.25) is 0 Å². The Kier molecular flexibility index (Phi) is 6.73. The minimum Gasteiger partial charge on any atom is -0.489 e. The fourth-order valence-corrected chi connectivity index (χ4v) is 3.35. The average Bonchev–Trinajstić information content (AvgIpc) is 2.80. The summed E-state index contributed by atoms with van der Waals surface area (Å²) >= 11 is 0. The molecule has 166 valence electrons. The van der Waals surface area contributed by atoms with E-state index < -0.39 is 11.6 Å². The van der Waals surface area contributed by atoms with E-state index >= 15 is 0 Å². The molecule has 32 heavy (non-hydrogen) atoms. The number of carbonyl (C=O) groups excluding carboxylic acids is 1. The van der Waals surface area contributed by atoms with Gasteiger partial charge in [-0.05, 0) is 53.9 Å². The number of methoxy groups -OCH3 is 1. The number of aryl methyl sites for hydroxylation is 1. The molecular weight excluding hydrogens is 408 g/mol. The van der Waals surface area contributed by atoms with E-state index in [1.165, 1.54) is 7.11 Å². The van der Waals surface area contributed by atoms with Gasteiger partial charge in [0.15, 0.2) is 0 Å². The van der Waals surface area contributed by atoms with Crippen LogP contribution >= 0.6 is 0 Å². The van der Waals surface area contributed by atoms with Gasteiger partial charge >= 0.3 is 5.97 Å². The van der Waals surface area contributed by atoms with Crippen molar-refractivity contribution in [3.63, 3.8) is 0 Å². The van der Waals surface area contributed by atoms with Gasteiger partial charge in [0.05, 0.1) is 20.3 Å². The molecule has 0 spiro atoms. The highest BCUT2D eigenvalue weighted by Gasteiger charge is 2.42. The van der Waals surface area contributed by atoms with Gasteiger partial charge in [0.25, 0.3) is 0 Å². The molecule has 0 saturated carbocycles. The molecule has 3 aromatic carbocycles.